The lowest BCUT2D eigenvalue weighted by molar-refractivity contribution is 0.0950. The fourth-order valence-electron chi connectivity index (χ4n) is 3.63. The van der Waals surface area contributed by atoms with E-state index in [1.807, 2.05) is 24.3 Å². The highest BCUT2D eigenvalue weighted by atomic mass is 16.5. The molecule has 0 spiro atoms. The molecule has 0 saturated heterocycles. The monoisotopic (exact) mass is 446 g/mol. The third-order valence-electron chi connectivity index (χ3n) is 5.36. The van der Waals surface area contributed by atoms with Crippen molar-refractivity contribution >= 4 is 12.1 Å². The first kappa shape index (κ1) is 22.3. The molecule has 8 nitrogen and oxygen atoms in total. The van der Waals surface area contributed by atoms with E-state index >= 15 is 0 Å². The number of hydrogen-bond acceptors (Lipinski definition) is 7. The summed E-state index contributed by atoms with van der Waals surface area (Å²) in [7, 11) is 3.14. The highest BCUT2D eigenvalue weighted by molar-refractivity contribution is 5.93. The number of rotatable bonds is 8. The zero-order chi connectivity index (χ0) is 23.0. The van der Waals surface area contributed by atoms with E-state index in [4.69, 9.17) is 14.2 Å². The van der Waals surface area contributed by atoms with E-state index in [1.54, 1.807) is 44.7 Å². The first-order chi connectivity index (χ1) is 16.1. The van der Waals surface area contributed by atoms with Gasteiger partial charge in [0.1, 0.15) is 22.9 Å². The number of carbonyl (C=O) groups excluding carboxylic acids is 1. The molecular weight excluding hydrogens is 420 g/mol. The average Bonchev–Trinajstić information content (AvgIpc) is 3.37. The standard InChI is InChI=1S/C25H26N4O4/c1-31-21-13-17(14-22(15-21)32-2)16-27-29-25(30)23-11-12-26-24(28-23)18-7-9-20(10-8-18)33-19-5-3-4-6-19/h7-16,19H,3-6H2,1-2H3,(H,29,30). The summed E-state index contributed by atoms with van der Waals surface area (Å²) >= 11 is 0. The maximum atomic E-state index is 12.5. The van der Waals surface area contributed by atoms with Crippen LogP contribution in [0.15, 0.2) is 59.8 Å². The number of hydrazone groups is 1. The maximum Gasteiger partial charge on any atom is 0.290 e. The van der Waals surface area contributed by atoms with Gasteiger partial charge in [-0.3, -0.25) is 4.79 Å². The summed E-state index contributed by atoms with van der Waals surface area (Å²) in [6.45, 7) is 0. The Kier molecular flexibility index (Phi) is 7.14. The van der Waals surface area contributed by atoms with Gasteiger partial charge in [0, 0.05) is 23.4 Å². The topological polar surface area (TPSA) is 94.9 Å². The molecule has 1 aliphatic rings. The van der Waals surface area contributed by atoms with Gasteiger partial charge in [-0.15, -0.1) is 0 Å². The van der Waals surface area contributed by atoms with Gasteiger partial charge in [-0.2, -0.15) is 5.10 Å². The summed E-state index contributed by atoms with van der Waals surface area (Å²) in [4.78, 5) is 21.2. The number of hydrogen-bond donors (Lipinski definition) is 1. The Morgan fingerprint density at radius 1 is 1.00 bits per heavy atom. The van der Waals surface area contributed by atoms with Crippen LogP contribution in [-0.4, -0.2) is 42.4 Å². The number of benzene rings is 2. The Morgan fingerprint density at radius 3 is 2.36 bits per heavy atom. The molecule has 1 N–H and O–H groups in total. The van der Waals surface area contributed by atoms with Crippen molar-refractivity contribution < 1.29 is 19.0 Å². The molecule has 0 bridgehead atoms. The van der Waals surface area contributed by atoms with Crippen molar-refractivity contribution in [2.75, 3.05) is 14.2 Å². The van der Waals surface area contributed by atoms with Crippen LogP contribution in [0.1, 0.15) is 41.7 Å². The van der Waals surface area contributed by atoms with Gasteiger partial charge in [0.2, 0.25) is 0 Å². The van der Waals surface area contributed by atoms with Crippen LogP contribution in [0.3, 0.4) is 0 Å². The zero-order valence-electron chi connectivity index (χ0n) is 18.7. The molecule has 1 aliphatic carbocycles. The summed E-state index contributed by atoms with van der Waals surface area (Å²) in [6, 6.07) is 14.5. The van der Waals surface area contributed by atoms with Crippen LogP contribution in [0.4, 0.5) is 0 Å². The van der Waals surface area contributed by atoms with E-state index in [-0.39, 0.29) is 5.69 Å². The van der Waals surface area contributed by atoms with E-state index in [0.29, 0.717) is 23.4 Å². The molecule has 0 atom stereocenters. The zero-order valence-corrected chi connectivity index (χ0v) is 18.7. The van der Waals surface area contributed by atoms with Gasteiger partial charge >= 0.3 is 0 Å². The number of aromatic nitrogens is 2. The fraction of sp³-hybridized carbons (Fsp3) is 0.280. The van der Waals surface area contributed by atoms with Crippen molar-refractivity contribution in [2.24, 2.45) is 5.10 Å². The van der Waals surface area contributed by atoms with Gasteiger partial charge in [0.05, 0.1) is 26.5 Å². The van der Waals surface area contributed by atoms with E-state index < -0.39 is 5.91 Å². The predicted octanol–water partition coefficient (Wildman–Crippen LogP) is 4.25. The van der Waals surface area contributed by atoms with Crippen LogP contribution >= 0.6 is 0 Å². The molecule has 3 aromatic rings. The van der Waals surface area contributed by atoms with Crippen molar-refractivity contribution in [1.29, 1.82) is 0 Å². The lowest BCUT2D eigenvalue weighted by Crippen LogP contribution is -2.19. The number of nitrogens with zero attached hydrogens (tertiary/aromatic N) is 3. The van der Waals surface area contributed by atoms with E-state index in [9.17, 15) is 4.79 Å². The lowest BCUT2D eigenvalue weighted by atomic mass is 10.2. The van der Waals surface area contributed by atoms with Crippen molar-refractivity contribution in [3.05, 3.63) is 66.0 Å². The molecule has 0 aliphatic heterocycles. The molecule has 8 heteroatoms. The third-order valence-corrected chi connectivity index (χ3v) is 5.36. The molecule has 170 valence electrons. The molecule has 2 aromatic carbocycles. The molecule has 1 saturated carbocycles. The molecule has 1 fully saturated rings. The quantitative estimate of drug-likeness (QED) is 0.411. The molecular formula is C25H26N4O4. The van der Waals surface area contributed by atoms with Crippen LogP contribution in [0, 0.1) is 0 Å². The van der Waals surface area contributed by atoms with Gasteiger partial charge in [-0.05, 0) is 68.1 Å². The summed E-state index contributed by atoms with van der Waals surface area (Å²) in [6.07, 6.45) is 8.03. The Hall–Kier alpha value is -3.94. The Labute approximate surface area is 192 Å². The van der Waals surface area contributed by atoms with Crippen LogP contribution < -0.4 is 19.6 Å². The molecule has 1 heterocycles. The first-order valence-electron chi connectivity index (χ1n) is 10.8. The van der Waals surface area contributed by atoms with E-state index in [0.717, 1.165) is 29.7 Å². The smallest absolute Gasteiger partial charge is 0.290 e. The summed E-state index contributed by atoms with van der Waals surface area (Å²) in [5.74, 6) is 2.11. The average molecular weight is 447 g/mol. The molecule has 0 radical (unpaired) electrons. The second-order valence-corrected chi connectivity index (χ2v) is 7.66. The number of nitrogens with one attached hydrogen (secondary N) is 1. The van der Waals surface area contributed by atoms with Crippen molar-refractivity contribution in [2.45, 2.75) is 31.8 Å². The highest BCUT2D eigenvalue weighted by Gasteiger charge is 2.16. The Morgan fingerprint density at radius 2 is 1.70 bits per heavy atom. The third kappa shape index (κ3) is 5.85. The Balaban J connectivity index is 1.41. The van der Waals surface area contributed by atoms with Crippen LogP contribution in [0.5, 0.6) is 17.2 Å². The molecule has 1 amide bonds. The summed E-state index contributed by atoms with van der Waals surface area (Å²) in [5.41, 5.74) is 4.22. The van der Waals surface area contributed by atoms with Crippen molar-refractivity contribution in [1.82, 2.24) is 15.4 Å². The molecule has 0 unspecified atom stereocenters. The Bertz CT molecular complexity index is 1100. The van der Waals surface area contributed by atoms with Crippen molar-refractivity contribution in [3.63, 3.8) is 0 Å². The highest BCUT2D eigenvalue weighted by Crippen LogP contribution is 2.26. The normalized spacial score (nSPS) is 13.8. The minimum absolute atomic E-state index is 0.214. The fourth-order valence-corrected chi connectivity index (χ4v) is 3.63. The largest absolute Gasteiger partial charge is 0.497 e. The predicted molar refractivity (Wildman–Crippen MR) is 125 cm³/mol. The van der Waals surface area contributed by atoms with Gasteiger partial charge in [-0.1, -0.05) is 0 Å². The minimum atomic E-state index is -0.439. The van der Waals surface area contributed by atoms with Crippen LogP contribution in [-0.2, 0) is 0 Å². The van der Waals surface area contributed by atoms with Crippen molar-refractivity contribution in [3.8, 4) is 28.6 Å². The second-order valence-electron chi connectivity index (χ2n) is 7.66. The SMILES string of the molecule is COc1cc(C=NNC(=O)c2ccnc(-c3ccc(OC4CCCC4)cc3)n2)cc(OC)c1. The molecule has 1 aromatic heterocycles. The molecule has 4 rings (SSSR count). The minimum Gasteiger partial charge on any atom is -0.497 e. The second kappa shape index (κ2) is 10.6. The van der Waals surface area contributed by atoms with E-state index in [1.165, 1.54) is 19.1 Å². The number of amides is 1. The number of carbonyl (C=O) groups is 1. The summed E-state index contributed by atoms with van der Waals surface area (Å²) in [5, 5.41) is 4.02. The van der Waals surface area contributed by atoms with Crippen LogP contribution in [0.2, 0.25) is 0 Å². The molecule has 33 heavy (non-hydrogen) atoms. The summed E-state index contributed by atoms with van der Waals surface area (Å²) < 4.78 is 16.5. The lowest BCUT2D eigenvalue weighted by Gasteiger charge is -2.13. The van der Waals surface area contributed by atoms with E-state index in [2.05, 4.69) is 20.5 Å². The van der Waals surface area contributed by atoms with Crippen LogP contribution in [0.25, 0.3) is 11.4 Å². The number of ether oxygens (including phenoxy) is 3. The van der Waals surface area contributed by atoms with Gasteiger partial charge in [0.15, 0.2) is 5.82 Å². The first-order valence-corrected chi connectivity index (χ1v) is 10.8. The van der Waals surface area contributed by atoms with Gasteiger partial charge < -0.3 is 14.2 Å². The van der Waals surface area contributed by atoms with Gasteiger partial charge in [-0.25, -0.2) is 15.4 Å². The number of methoxy groups -OCH3 is 2. The van der Waals surface area contributed by atoms with Gasteiger partial charge in [0.25, 0.3) is 5.91 Å². The maximum absolute atomic E-state index is 12.5.